The van der Waals surface area contributed by atoms with Gasteiger partial charge in [0.25, 0.3) is 0 Å². The number of ketones is 1. The first-order valence-corrected chi connectivity index (χ1v) is 9.31. The quantitative estimate of drug-likeness (QED) is 0.485. The van der Waals surface area contributed by atoms with Crippen molar-refractivity contribution in [3.8, 4) is 5.69 Å². The maximum absolute atomic E-state index is 13.4. The number of carbonyl (C=O) groups excluding carboxylic acids is 2. The number of fused-ring (bicyclic) bond motifs is 1. The van der Waals surface area contributed by atoms with Gasteiger partial charge in [-0.15, -0.1) is 0 Å². The van der Waals surface area contributed by atoms with Gasteiger partial charge in [-0.05, 0) is 31.0 Å². The predicted octanol–water partition coefficient (Wildman–Crippen LogP) is 4.22. The molecule has 3 heterocycles. The number of aromatic nitrogens is 3. The Labute approximate surface area is 165 Å². The van der Waals surface area contributed by atoms with Crippen LogP contribution in [0.4, 0.5) is 8.78 Å². The summed E-state index contributed by atoms with van der Waals surface area (Å²) in [6, 6.07) is 5.17. The smallest absolute Gasteiger partial charge is 0.339 e. The van der Waals surface area contributed by atoms with Crippen molar-refractivity contribution in [2.24, 2.45) is 5.92 Å². The highest BCUT2D eigenvalue weighted by Crippen LogP contribution is 2.37. The molecule has 8 heteroatoms. The van der Waals surface area contributed by atoms with Crippen molar-refractivity contribution < 1.29 is 23.1 Å². The van der Waals surface area contributed by atoms with Crippen molar-refractivity contribution in [3.63, 3.8) is 0 Å². The molecule has 0 N–H and O–H groups in total. The van der Waals surface area contributed by atoms with E-state index in [1.807, 2.05) is 0 Å². The molecule has 1 saturated carbocycles. The summed E-state index contributed by atoms with van der Waals surface area (Å²) in [4.78, 5) is 32.9. The first-order valence-electron chi connectivity index (χ1n) is 9.31. The molecule has 3 aromatic rings. The first-order chi connectivity index (χ1) is 13.9. The topological polar surface area (TPSA) is 74.1 Å². The van der Waals surface area contributed by atoms with E-state index in [0.29, 0.717) is 22.5 Å². The summed E-state index contributed by atoms with van der Waals surface area (Å²) in [6.07, 6.45) is 6.14. The van der Waals surface area contributed by atoms with Crippen LogP contribution in [0.2, 0.25) is 0 Å². The van der Waals surface area contributed by atoms with Crippen molar-refractivity contribution in [3.05, 3.63) is 54.1 Å². The van der Waals surface area contributed by atoms with Gasteiger partial charge in [-0.1, -0.05) is 0 Å². The maximum Gasteiger partial charge on any atom is 0.339 e. The monoisotopic (exact) mass is 399 g/mol. The van der Waals surface area contributed by atoms with Crippen molar-refractivity contribution >= 4 is 22.8 Å². The molecule has 0 bridgehead atoms. The highest BCUT2D eigenvalue weighted by Gasteiger charge is 2.37. The molecule has 0 atom stereocenters. The van der Waals surface area contributed by atoms with Crippen molar-refractivity contribution in [2.75, 3.05) is 7.11 Å². The second kappa shape index (κ2) is 7.35. The Bertz CT molecular complexity index is 1080. The van der Waals surface area contributed by atoms with Crippen LogP contribution >= 0.6 is 0 Å². The van der Waals surface area contributed by atoms with E-state index in [4.69, 9.17) is 4.74 Å². The Hall–Kier alpha value is -3.16. The van der Waals surface area contributed by atoms with Crippen molar-refractivity contribution in [2.45, 2.75) is 31.6 Å². The van der Waals surface area contributed by atoms with Crippen LogP contribution in [-0.2, 0) is 4.74 Å². The van der Waals surface area contributed by atoms with Gasteiger partial charge in [0.1, 0.15) is 5.65 Å². The van der Waals surface area contributed by atoms with Crippen LogP contribution in [-0.4, -0.2) is 39.3 Å². The van der Waals surface area contributed by atoms with Gasteiger partial charge in [-0.2, -0.15) is 0 Å². The van der Waals surface area contributed by atoms with Gasteiger partial charge in [0.2, 0.25) is 5.92 Å². The second-order valence-corrected chi connectivity index (χ2v) is 7.24. The zero-order chi connectivity index (χ0) is 20.6. The highest BCUT2D eigenvalue weighted by molar-refractivity contribution is 6.00. The molecule has 4 rings (SSSR count). The molecule has 0 unspecified atom stereocenters. The van der Waals surface area contributed by atoms with E-state index in [9.17, 15) is 18.4 Å². The largest absolute Gasteiger partial charge is 0.465 e. The number of halogens is 2. The zero-order valence-electron chi connectivity index (χ0n) is 15.8. The third kappa shape index (κ3) is 3.74. The van der Waals surface area contributed by atoms with E-state index < -0.39 is 17.8 Å². The fourth-order valence-electron chi connectivity index (χ4n) is 3.69. The molecule has 29 heavy (non-hydrogen) atoms. The predicted molar refractivity (Wildman–Crippen MR) is 101 cm³/mol. The molecule has 0 aliphatic heterocycles. The summed E-state index contributed by atoms with van der Waals surface area (Å²) < 4.78 is 33.2. The standard InChI is InChI=1S/C21H19F2N3O3/c1-29-20(28)16-9-17(12-24-10-16)26-7-4-14-8-15(11-25-19(14)26)18(27)13-2-5-21(22,23)6-3-13/h4,7-13H,2-3,5-6H2,1H3. The summed E-state index contributed by atoms with van der Waals surface area (Å²) in [5.74, 6) is -3.69. The molecule has 0 amide bonds. The lowest BCUT2D eigenvalue weighted by Gasteiger charge is -2.27. The van der Waals surface area contributed by atoms with Gasteiger partial charge in [0.05, 0.1) is 24.6 Å². The number of carbonyl (C=O) groups is 2. The van der Waals surface area contributed by atoms with Crippen LogP contribution in [0.3, 0.4) is 0 Å². The molecule has 0 spiro atoms. The van der Waals surface area contributed by atoms with E-state index in [2.05, 4.69) is 9.97 Å². The maximum atomic E-state index is 13.4. The molecule has 0 saturated heterocycles. The molecule has 150 valence electrons. The van der Waals surface area contributed by atoms with Crippen molar-refractivity contribution in [1.82, 2.24) is 14.5 Å². The molecule has 1 aliphatic carbocycles. The van der Waals surface area contributed by atoms with Gasteiger partial charge in [-0.3, -0.25) is 14.3 Å². The van der Waals surface area contributed by atoms with Crippen LogP contribution in [0, 0.1) is 5.92 Å². The van der Waals surface area contributed by atoms with E-state index in [0.717, 1.165) is 5.39 Å². The first kappa shape index (κ1) is 19.2. The Kier molecular flexibility index (Phi) is 4.86. The Balaban J connectivity index is 1.61. The Morgan fingerprint density at radius 3 is 2.62 bits per heavy atom. The lowest BCUT2D eigenvalue weighted by atomic mass is 9.82. The molecule has 1 aliphatic rings. The molecule has 1 fully saturated rings. The molecule has 6 nitrogen and oxygen atoms in total. The van der Waals surface area contributed by atoms with E-state index in [1.165, 1.54) is 19.5 Å². The van der Waals surface area contributed by atoms with Crippen molar-refractivity contribution in [1.29, 1.82) is 0 Å². The summed E-state index contributed by atoms with van der Waals surface area (Å²) in [7, 11) is 1.30. The van der Waals surface area contributed by atoms with Crippen LogP contribution in [0.5, 0.6) is 0 Å². The molecule has 3 aromatic heterocycles. The van der Waals surface area contributed by atoms with E-state index in [1.54, 1.807) is 35.2 Å². The summed E-state index contributed by atoms with van der Waals surface area (Å²) in [5.41, 5.74) is 1.96. The number of rotatable bonds is 4. The second-order valence-electron chi connectivity index (χ2n) is 7.24. The van der Waals surface area contributed by atoms with Gasteiger partial charge in [0.15, 0.2) is 5.78 Å². The Morgan fingerprint density at radius 1 is 1.14 bits per heavy atom. The lowest BCUT2D eigenvalue weighted by molar-refractivity contribution is -0.0424. The summed E-state index contributed by atoms with van der Waals surface area (Å²) in [6.45, 7) is 0. The van der Waals surface area contributed by atoms with Crippen LogP contribution in [0.25, 0.3) is 16.7 Å². The minimum Gasteiger partial charge on any atom is -0.465 e. The molecule has 0 radical (unpaired) electrons. The van der Waals surface area contributed by atoms with E-state index in [-0.39, 0.29) is 31.5 Å². The Morgan fingerprint density at radius 2 is 1.90 bits per heavy atom. The minimum absolute atomic E-state index is 0.142. The van der Waals surface area contributed by atoms with Gasteiger partial charge in [0, 0.05) is 48.3 Å². The average Bonchev–Trinajstić information content (AvgIpc) is 3.16. The fraction of sp³-hybridized carbons (Fsp3) is 0.333. The van der Waals surface area contributed by atoms with Gasteiger partial charge in [-0.25, -0.2) is 18.6 Å². The lowest BCUT2D eigenvalue weighted by Crippen LogP contribution is -2.28. The van der Waals surface area contributed by atoms with Gasteiger partial charge >= 0.3 is 5.97 Å². The molecular weight excluding hydrogens is 380 g/mol. The number of nitrogens with zero attached hydrogens (tertiary/aromatic N) is 3. The number of esters is 1. The SMILES string of the molecule is COC(=O)c1cncc(-n2ccc3cc(C(=O)C4CCC(F)(F)CC4)cnc32)c1. The number of hydrogen-bond donors (Lipinski definition) is 0. The third-order valence-corrected chi connectivity index (χ3v) is 5.32. The fourth-order valence-corrected chi connectivity index (χ4v) is 3.69. The normalized spacial score (nSPS) is 16.7. The number of hydrogen-bond acceptors (Lipinski definition) is 5. The number of methoxy groups -OCH3 is 1. The third-order valence-electron chi connectivity index (χ3n) is 5.32. The van der Waals surface area contributed by atoms with Crippen LogP contribution in [0.1, 0.15) is 46.4 Å². The number of Topliss-reactive ketones (excluding diaryl/α,β-unsaturated/α-hetero) is 1. The number of ether oxygens (including phenoxy) is 1. The highest BCUT2D eigenvalue weighted by atomic mass is 19.3. The summed E-state index contributed by atoms with van der Waals surface area (Å²) >= 11 is 0. The minimum atomic E-state index is -2.66. The zero-order valence-corrected chi connectivity index (χ0v) is 15.8. The summed E-state index contributed by atoms with van der Waals surface area (Å²) in [5, 5.41) is 0.737. The number of pyridine rings is 2. The van der Waals surface area contributed by atoms with Crippen LogP contribution in [0.15, 0.2) is 43.0 Å². The average molecular weight is 399 g/mol. The molecular formula is C21H19F2N3O3. The van der Waals surface area contributed by atoms with Gasteiger partial charge < -0.3 is 4.74 Å². The van der Waals surface area contributed by atoms with E-state index >= 15 is 0 Å². The van der Waals surface area contributed by atoms with Crippen LogP contribution < -0.4 is 0 Å². The molecule has 0 aromatic carbocycles. The number of alkyl halides is 2.